The molecular formula is C35H34N4O7. The van der Waals surface area contributed by atoms with Gasteiger partial charge in [0, 0.05) is 23.3 Å². The first-order chi connectivity index (χ1) is 22.1. The van der Waals surface area contributed by atoms with E-state index < -0.39 is 4.92 Å². The normalized spacial score (nSPS) is 11.3. The van der Waals surface area contributed by atoms with E-state index in [0.29, 0.717) is 39.5 Å². The zero-order chi connectivity index (χ0) is 33.0. The van der Waals surface area contributed by atoms with Crippen molar-refractivity contribution >= 4 is 22.8 Å². The number of hydrogen-bond acceptors (Lipinski definition) is 9. The van der Waals surface area contributed by atoms with Gasteiger partial charge in [0.25, 0.3) is 11.2 Å². The molecule has 0 N–H and O–H groups in total. The van der Waals surface area contributed by atoms with Crippen LogP contribution in [-0.4, -0.2) is 42.1 Å². The Morgan fingerprint density at radius 3 is 2.20 bits per heavy atom. The SMILES string of the molecule is COc1cc(C)c(-c2nc3ccccc3c(=O)n2N=Cc2cc(OC)c(OCc3ccc([N+](=O)[O-])cc3)c(OC)c2)cc1C(C)C. The van der Waals surface area contributed by atoms with Gasteiger partial charge in [0.2, 0.25) is 5.75 Å². The molecule has 0 aliphatic heterocycles. The monoisotopic (exact) mass is 622 g/mol. The van der Waals surface area contributed by atoms with Crippen LogP contribution in [0.1, 0.15) is 42.0 Å². The van der Waals surface area contributed by atoms with E-state index in [1.54, 1.807) is 43.5 Å². The van der Waals surface area contributed by atoms with Crippen LogP contribution < -0.4 is 24.5 Å². The van der Waals surface area contributed by atoms with Crippen LogP contribution in [0.3, 0.4) is 0 Å². The highest BCUT2D eigenvalue weighted by Gasteiger charge is 2.19. The molecule has 0 saturated heterocycles. The number of methoxy groups -OCH3 is 3. The van der Waals surface area contributed by atoms with Gasteiger partial charge in [-0.2, -0.15) is 9.78 Å². The minimum absolute atomic E-state index is 0.00561. The van der Waals surface area contributed by atoms with Crippen LogP contribution in [0.4, 0.5) is 5.69 Å². The van der Waals surface area contributed by atoms with Crippen LogP contribution >= 0.6 is 0 Å². The number of ether oxygens (including phenoxy) is 4. The number of aromatic nitrogens is 2. The van der Waals surface area contributed by atoms with Crippen molar-refractivity contribution in [3.8, 4) is 34.4 Å². The predicted octanol–water partition coefficient (Wildman–Crippen LogP) is 6.89. The maximum Gasteiger partial charge on any atom is 0.282 e. The molecule has 0 fully saturated rings. The summed E-state index contributed by atoms with van der Waals surface area (Å²) >= 11 is 0. The number of benzene rings is 4. The Kier molecular flexibility index (Phi) is 9.31. The van der Waals surface area contributed by atoms with Crippen molar-refractivity contribution in [2.75, 3.05) is 21.3 Å². The zero-order valence-electron chi connectivity index (χ0n) is 26.4. The molecule has 1 heterocycles. The Labute approximate surface area is 265 Å². The highest BCUT2D eigenvalue weighted by Crippen LogP contribution is 2.39. The third kappa shape index (κ3) is 6.39. The number of nitro groups is 1. The summed E-state index contributed by atoms with van der Waals surface area (Å²) < 4.78 is 24.2. The second kappa shape index (κ2) is 13.5. The van der Waals surface area contributed by atoms with Gasteiger partial charge >= 0.3 is 0 Å². The number of hydrogen-bond donors (Lipinski definition) is 0. The Morgan fingerprint density at radius 2 is 1.59 bits per heavy atom. The Balaban J connectivity index is 1.57. The fourth-order valence-corrected chi connectivity index (χ4v) is 5.08. The summed E-state index contributed by atoms with van der Waals surface area (Å²) in [5, 5.41) is 16.1. The third-order valence-electron chi connectivity index (χ3n) is 7.53. The molecule has 11 nitrogen and oxygen atoms in total. The van der Waals surface area contributed by atoms with E-state index in [-0.39, 0.29) is 23.8 Å². The molecule has 0 aliphatic carbocycles. The first kappa shape index (κ1) is 31.7. The van der Waals surface area contributed by atoms with Crippen LogP contribution in [0.25, 0.3) is 22.3 Å². The molecule has 0 radical (unpaired) electrons. The standard InChI is InChI=1S/C35H34N4O7/c1-21(2)27-18-28(22(3)15-30(27)43-4)34-37-29-10-8-7-9-26(29)35(40)38(34)36-19-24-16-31(44-5)33(32(17-24)45-6)46-20-23-11-13-25(14-12-23)39(41)42/h7-19,21H,20H2,1-6H3. The van der Waals surface area contributed by atoms with E-state index >= 15 is 0 Å². The lowest BCUT2D eigenvalue weighted by atomic mass is 9.96. The van der Waals surface area contributed by atoms with E-state index in [1.165, 1.54) is 37.2 Å². The molecule has 5 aromatic rings. The molecule has 1 aromatic heterocycles. The fourth-order valence-electron chi connectivity index (χ4n) is 5.08. The van der Waals surface area contributed by atoms with Gasteiger partial charge in [0.1, 0.15) is 12.4 Å². The van der Waals surface area contributed by atoms with Gasteiger partial charge in [-0.15, -0.1) is 0 Å². The maximum absolute atomic E-state index is 13.9. The summed E-state index contributed by atoms with van der Waals surface area (Å²) in [7, 11) is 4.65. The molecule has 0 bridgehead atoms. The largest absolute Gasteiger partial charge is 0.496 e. The molecule has 0 amide bonds. The van der Waals surface area contributed by atoms with Crippen LogP contribution in [0.15, 0.2) is 82.7 Å². The van der Waals surface area contributed by atoms with E-state index in [9.17, 15) is 14.9 Å². The summed E-state index contributed by atoms with van der Waals surface area (Å²) in [6.45, 7) is 6.23. The number of non-ortho nitro benzene ring substituents is 1. The van der Waals surface area contributed by atoms with Crippen molar-refractivity contribution in [1.29, 1.82) is 0 Å². The summed E-state index contributed by atoms with van der Waals surface area (Å²) in [6.07, 6.45) is 1.54. The lowest BCUT2D eigenvalue weighted by molar-refractivity contribution is -0.384. The predicted molar refractivity (Wildman–Crippen MR) is 177 cm³/mol. The first-order valence-electron chi connectivity index (χ1n) is 14.5. The van der Waals surface area contributed by atoms with Crippen LogP contribution in [0.5, 0.6) is 23.0 Å². The number of fused-ring (bicyclic) bond motifs is 1. The second-order valence-corrected chi connectivity index (χ2v) is 10.8. The molecule has 0 unspecified atom stereocenters. The van der Waals surface area contributed by atoms with Gasteiger partial charge < -0.3 is 18.9 Å². The second-order valence-electron chi connectivity index (χ2n) is 10.8. The average Bonchev–Trinajstić information content (AvgIpc) is 3.06. The number of nitrogens with zero attached hydrogens (tertiary/aromatic N) is 4. The molecule has 0 saturated carbocycles. The Hall–Kier alpha value is -5.71. The van der Waals surface area contributed by atoms with E-state index in [2.05, 4.69) is 18.9 Å². The number of rotatable bonds is 11. The average molecular weight is 623 g/mol. The van der Waals surface area contributed by atoms with Gasteiger partial charge in [0.05, 0.1) is 43.4 Å². The molecule has 11 heteroatoms. The summed E-state index contributed by atoms with van der Waals surface area (Å²) in [6, 6.07) is 20.6. The first-order valence-corrected chi connectivity index (χ1v) is 14.5. The van der Waals surface area contributed by atoms with Crippen LogP contribution in [-0.2, 0) is 6.61 Å². The molecule has 0 aliphatic rings. The molecule has 0 atom stereocenters. The molecule has 5 rings (SSSR count). The highest BCUT2D eigenvalue weighted by atomic mass is 16.6. The quantitative estimate of drug-likeness (QED) is 0.0885. The number of para-hydroxylation sites is 1. The number of aryl methyl sites for hydroxylation is 1. The van der Waals surface area contributed by atoms with Gasteiger partial charge in [-0.3, -0.25) is 14.9 Å². The van der Waals surface area contributed by atoms with Crippen molar-refractivity contribution in [2.24, 2.45) is 5.10 Å². The van der Waals surface area contributed by atoms with E-state index in [4.69, 9.17) is 23.9 Å². The van der Waals surface area contributed by atoms with Crippen molar-refractivity contribution in [3.05, 3.63) is 116 Å². The van der Waals surface area contributed by atoms with Crippen molar-refractivity contribution in [3.63, 3.8) is 0 Å². The minimum atomic E-state index is -0.455. The smallest absolute Gasteiger partial charge is 0.282 e. The highest BCUT2D eigenvalue weighted by molar-refractivity contribution is 5.84. The summed E-state index contributed by atoms with van der Waals surface area (Å²) in [5.41, 5.74) is 4.17. The van der Waals surface area contributed by atoms with Gasteiger partial charge in [-0.05, 0) is 78.1 Å². The summed E-state index contributed by atoms with van der Waals surface area (Å²) in [5.74, 6) is 2.42. The van der Waals surface area contributed by atoms with Crippen molar-refractivity contribution < 1.29 is 23.9 Å². The molecule has 46 heavy (non-hydrogen) atoms. The Morgan fingerprint density at radius 1 is 0.935 bits per heavy atom. The van der Waals surface area contributed by atoms with Gasteiger partial charge in [0.15, 0.2) is 17.3 Å². The lowest BCUT2D eigenvalue weighted by Crippen LogP contribution is -2.20. The van der Waals surface area contributed by atoms with E-state index in [0.717, 1.165) is 28.0 Å². The van der Waals surface area contributed by atoms with Crippen LogP contribution in [0.2, 0.25) is 0 Å². The van der Waals surface area contributed by atoms with Gasteiger partial charge in [-0.1, -0.05) is 26.0 Å². The van der Waals surface area contributed by atoms with Gasteiger partial charge in [-0.25, -0.2) is 4.98 Å². The summed E-state index contributed by atoms with van der Waals surface area (Å²) in [4.78, 5) is 29.3. The topological polar surface area (TPSA) is 127 Å². The van der Waals surface area contributed by atoms with Crippen molar-refractivity contribution in [2.45, 2.75) is 33.3 Å². The molecular weight excluding hydrogens is 588 g/mol. The fraction of sp³-hybridized carbons (Fsp3) is 0.229. The molecule has 0 spiro atoms. The van der Waals surface area contributed by atoms with Crippen molar-refractivity contribution in [1.82, 2.24) is 9.66 Å². The lowest BCUT2D eigenvalue weighted by Gasteiger charge is -2.17. The Bertz CT molecular complexity index is 1980. The van der Waals surface area contributed by atoms with Crippen LogP contribution in [0, 0.1) is 17.0 Å². The third-order valence-corrected chi connectivity index (χ3v) is 7.53. The molecule has 4 aromatic carbocycles. The zero-order valence-corrected chi connectivity index (χ0v) is 26.4. The minimum Gasteiger partial charge on any atom is -0.496 e. The number of nitro benzene ring substituents is 1. The maximum atomic E-state index is 13.9. The van der Waals surface area contributed by atoms with E-state index in [1.807, 2.05) is 31.2 Å². The molecule has 236 valence electrons.